The Morgan fingerprint density at radius 3 is 2.20 bits per heavy atom. The van der Waals surface area contributed by atoms with Gasteiger partial charge >= 0.3 is 0 Å². The lowest BCUT2D eigenvalue weighted by atomic mass is 10.1. The molecule has 1 aliphatic carbocycles. The molecule has 0 aromatic heterocycles. The van der Waals surface area contributed by atoms with E-state index in [1.807, 2.05) is 0 Å². The number of amides is 2. The van der Waals surface area contributed by atoms with Crippen molar-refractivity contribution >= 4 is 27.5 Å². The van der Waals surface area contributed by atoms with Crippen molar-refractivity contribution in [3.8, 4) is 5.75 Å². The molecule has 1 aliphatic rings. The number of carbonyl (C=O) groups is 2. The highest BCUT2D eigenvalue weighted by atomic mass is 32.2. The highest BCUT2D eigenvalue weighted by molar-refractivity contribution is 7.92. The average molecular weight is 568 g/mol. The van der Waals surface area contributed by atoms with Gasteiger partial charge < -0.3 is 15.0 Å². The van der Waals surface area contributed by atoms with Gasteiger partial charge in [0.1, 0.15) is 24.2 Å². The smallest absolute Gasteiger partial charge is 0.264 e. The normalized spacial score (nSPS) is 14.4. The van der Waals surface area contributed by atoms with Crippen molar-refractivity contribution in [1.82, 2.24) is 10.2 Å². The van der Waals surface area contributed by atoms with Crippen LogP contribution in [0.3, 0.4) is 0 Å². The predicted octanol–water partition coefficient (Wildman–Crippen LogP) is 4.51. The van der Waals surface area contributed by atoms with E-state index in [2.05, 4.69) is 5.32 Å². The number of hydrogen-bond acceptors (Lipinski definition) is 5. The number of ether oxygens (including phenoxy) is 1. The summed E-state index contributed by atoms with van der Waals surface area (Å²) in [5.41, 5.74) is 1.02. The monoisotopic (exact) mass is 567 g/mol. The van der Waals surface area contributed by atoms with Crippen LogP contribution in [0.2, 0.25) is 0 Å². The Morgan fingerprint density at radius 1 is 0.975 bits per heavy atom. The Hall–Kier alpha value is -3.92. The van der Waals surface area contributed by atoms with E-state index in [1.165, 1.54) is 4.90 Å². The molecule has 1 N–H and O–H groups in total. The van der Waals surface area contributed by atoms with Crippen LogP contribution in [0.15, 0.2) is 83.8 Å². The van der Waals surface area contributed by atoms with E-state index in [4.69, 9.17) is 4.74 Å². The summed E-state index contributed by atoms with van der Waals surface area (Å²) in [6.45, 7) is 1.18. The summed E-state index contributed by atoms with van der Waals surface area (Å²) in [5, 5.41) is 3.04. The maximum Gasteiger partial charge on any atom is 0.264 e. The molecule has 1 fully saturated rings. The summed E-state index contributed by atoms with van der Waals surface area (Å²) < 4.78 is 47.2. The summed E-state index contributed by atoms with van der Waals surface area (Å²) in [6, 6.07) is 19.0. The molecular formula is C30H34FN3O5S. The van der Waals surface area contributed by atoms with Gasteiger partial charge in [0.05, 0.1) is 17.7 Å². The quantitative estimate of drug-likeness (QED) is 0.368. The minimum atomic E-state index is -4.24. The number of anilines is 1. The lowest BCUT2D eigenvalue weighted by molar-refractivity contribution is -0.139. The van der Waals surface area contributed by atoms with E-state index in [1.54, 1.807) is 68.6 Å². The van der Waals surface area contributed by atoms with Gasteiger partial charge in [0.15, 0.2) is 0 Å². The van der Waals surface area contributed by atoms with Gasteiger partial charge in [-0.05, 0) is 73.9 Å². The van der Waals surface area contributed by atoms with Gasteiger partial charge in [0, 0.05) is 12.6 Å². The minimum absolute atomic E-state index is 0.0626. The Labute approximate surface area is 234 Å². The van der Waals surface area contributed by atoms with Crippen LogP contribution in [-0.4, -0.2) is 50.9 Å². The van der Waals surface area contributed by atoms with Gasteiger partial charge in [-0.25, -0.2) is 12.8 Å². The molecule has 212 valence electrons. The molecule has 10 heteroatoms. The number of carbonyl (C=O) groups excluding carboxylic acids is 2. The predicted molar refractivity (Wildman–Crippen MR) is 151 cm³/mol. The number of nitrogens with one attached hydrogen (secondary N) is 1. The van der Waals surface area contributed by atoms with Crippen LogP contribution >= 0.6 is 0 Å². The van der Waals surface area contributed by atoms with Crippen LogP contribution in [0.1, 0.15) is 38.2 Å². The van der Waals surface area contributed by atoms with Gasteiger partial charge in [-0.2, -0.15) is 0 Å². The molecule has 3 aromatic carbocycles. The van der Waals surface area contributed by atoms with E-state index in [0.29, 0.717) is 5.75 Å². The van der Waals surface area contributed by atoms with Gasteiger partial charge in [0.25, 0.3) is 10.0 Å². The zero-order chi connectivity index (χ0) is 28.7. The van der Waals surface area contributed by atoms with Crippen molar-refractivity contribution < 1.29 is 27.1 Å². The highest BCUT2D eigenvalue weighted by Gasteiger charge is 2.33. The van der Waals surface area contributed by atoms with Crippen molar-refractivity contribution in [2.45, 2.75) is 56.1 Å². The van der Waals surface area contributed by atoms with Gasteiger partial charge in [-0.3, -0.25) is 13.9 Å². The summed E-state index contributed by atoms with van der Waals surface area (Å²) in [6.07, 6.45) is 3.87. The molecule has 0 spiro atoms. The molecule has 0 heterocycles. The maximum atomic E-state index is 13.9. The van der Waals surface area contributed by atoms with Crippen molar-refractivity contribution in [1.29, 1.82) is 0 Å². The van der Waals surface area contributed by atoms with Crippen LogP contribution in [0.5, 0.6) is 5.75 Å². The summed E-state index contributed by atoms with van der Waals surface area (Å²) in [7, 11) is -2.69. The summed E-state index contributed by atoms with van der Waals surface area (Å²) in [5.74, 6) is -0.774. The molecule has 40 heavy (non-hydrogen) atoms. The second-order valence-corrected chi connectivity index (χ2v) is 11.7. The molecule has 0 saturated heterocycles. The largest absolute Gasteiger partial charge is 0.497 e. The molecule has 4 rings (SSSR count). The molecule has 0 unspecified atom stereocenters. The van der Waals surface area contributed by atoms with Crippen molar-refractivity contribution in [3.05, 3.63) is 90.2 Å². The van der Waals surface area contributed by atoms with Crippen LogP contribution in [0.4, 0.5) is 10.1 Å². The van der Waals surface area contributed by atoms with Crippen LogP contribution in [0, 0.1) is 5.82 Å². The first kappa shape index (κ1) is 29.1. The number of para-hydroxylation sites is 1. The van der Waals surface area contributed by atoms with E-state index >= 15 is 0 Å². The number of halogens is 1. The molecule has 1 saturated carbocycles. The first-order valence-electron chi connectivity index (χ1n) is 13.2. The fourth-order valence-electron chi connectivity index (χ4n) is 4.76. The van der Waals surface area contributed by atoms with Gasteiger partial charge in [0.2, 0.25) is 11.8 Å². The van der Waals surface area contributed by atoms with E-state index in [0.717, 1.165) is 59.8 Å². The fraction of sp³-hybridized carbons (Fsp3) is 0.333. The second kappa shape index (κ2) is 13.0. The molecule has 3 aromatic rings. The van der Waals surface area contributed by atoms with Crippen molar-refractivity contribution in [3.63, 3.8) is 0 Å². The first-order valence-corrected chi connectivity index (χ1v) is 14.7. The molecule has 1 atom stereocenters. The minimum Gasteiger partial charge on any atom is -0.497 e. The third-order valence-corrected chi connectivity index (χ3v) is 8.89. The third-order valence-electron chi connectivity index (χ3n) is 7.11. The number of benzene rings is 3. The number of hydrogen-bond donors (Lipinski definition) is 1. The molecular weight excluding hydrogens is 533 g/mol. The first-order chi connectivity index (χ1) is 19.2. The Bertz CT molecular complexity index is 1390. The SMILES string of the molecule is COc1ccc(CN(C(=O)CN(c2ccccc2)S(=O)(=O)c2ccc(F)cc2)[C@@H](C)C(=O)NC2CCCC2)cc1. The molecule has 8 nitrogen and oxygen atoms in total. The zero-order valence-corrected chi connectivity index (χ0v) is 23.4. The van der Waals surface area contributed by atoms with E-state index in [-0.39, 0.29) is 29.1 Å². The van der Waals surface area contributed by atoms with Crippen LogP contribution in [0.25, 0.3) is 0 Å². The van der Waals surface area contributed by atoms with Crippen LogP contribution in [-0.2, 0) is 26.2 Å². The second-order valence-electron chi connectivity index (χ2n) is 9.84. The zero-order valence-electron chi connectivity index (χ0n) is 22.6. The summed E-state index contributed by atoms with van der Waals surface area (Å²) >= 11 is 0. The molecule has 0 aliphatic heterocycles. The van der Waals surface area contributed by atoms with E-state index < -0.39 is 34.3 Å². The molecule has 0 radical (unpaired) electrons. The van der Waals surface area contributed by atoms with Gasteiger partial charge in [-0.15, -0.1) is 0 Å². The van der Waals surface area contributed by atoms with Crippen LogP contribution < -0.4 is 14.4 Å². The molecule has 2 amide bonds. The lowest BCUT2D eigenvalue weighted by Gasteiger charge is -2.32. The van der Waals surface area contributed by atoms with Crippen molar-refractivity contribution in [2.24, 2.45) is 0 Å². The number of sulfonamides is 1. The topological polar surface area (TPSA) is 96.0 Å². The Balaban J connectivity index is 1.66. The standard InChI is InChI=1S/C30H34FN3O5S/c1-22(30(36)32-25-8-6-7-9-25)33(20-23-12-16-27(39-2)17-13-23)29(35)21-34(26-10-4-3-5-11-26)40(37,38)28-18-14-24(31)15-19-28/h3-5,10-19,22,25H,6-9,20-21H2,1-2H3,(H,32,36)/t22-/m0/s1. The maximum absolute atomic E-state index is 13.9. The van der Waals surface area contributed by atoms with Crippen molar-refractivity contribution in [2.75, 3.05) is 18.0 Å². The average Bonchev–Trinajstić information content (AvgIpc) is 3.48. The Morgan fingerprint density at radius 2 is 1.60 bits per heavy atom. The lowest BCUT2D eigenvalue weighted by Crippen LogP contribution is -2.52. The number of nitrogens with zero attached hydrogens (tertiary/aromatic N) is 2. The third kappa shape index (κ3) is 6.98. The fourth-order valence-corrected chi connectivity index (χ4v) is 6.17. The van der Waals surface area contributed by atoms with E-state index in [9.17, 15) is 22.4 Å². The highest BCUT2D eigenvalue weighted by Crippen LogP contribution is 2.25. The Kier molecular flexibility index (Phi) is 9.42. The number of methoxy groups -OCH3 is 1. The molecule has 0 bridgehead atoms. The summed E-state index contributed by atoms with van der Waals surface area (Å²) in [4.78, 5) is 28.4. The van der Waals surface area contributed by atoms with Gasteiger partial charge in [-0.1, -0.05) is 43.2 Å². The number of rotatable bonds is 11.